The summed E-state index contributed by atoms with van der Waals surface area (Å²) >= 11 is 0. The molecule has 0 saturated carbocycles. The normalized spacial score (nSPS) is 11.4. The van der Waals surface area contributed by atoms with Crippen molar-refractivity contribution in [2.45, 2.75) is 33.6 Å². The molecule has 0 aromatic carbocycles. The van der Waals surface area contributed by atoms with Crippen molar-refractivity contribution in [2.24, 2.45) is 5.41 Å². The third-order valence-corrected chi connectivity index (χ3v) is 1.86. The smallest absolute Gasteiger partial charge is 0.226 e. The summed E-state index contributed by atoms with van der Waals surface area (Å²) in [6.07, 6.45) is 4.70. The third-order valence-electron chi connectivity index (χ3n) is 1.86. The lowest BCUT2D eigenvalue weighted by Gasteiger charge is -2.16. The van der Waals surface area contributed by atoms with Gasteiger partial charge < -0.3 is 4.98 Å². The molecule has 78 valence electrons. The molecule has 0 atom stereocenters. The summed E-state index contributed by atoms with van der Waals surface area (Å²) in [6, 6.07) is 0. The monoisotopic (exact) mass is 195 g/mol. The Morgan fingerprint density at radius 3 is 2.79 bits per heavy atom. The van der Waals surface area contributed by atoms with E-state index in [4.69, 9.17) is 0 Å². The Bertz CT molecular complexity index is 285. The van der Waals surface area contributed by atoms with E-state index in [1.807, 2.05) is 0 Å². The summed E-state index contributed by atoms with van der Waals surface area (Å²) in [5.41, 5.74) is 0.195. The molecule has 0 aliphatic carbocycles. The van der Waals surface area contributed by atoms with Gasteiger partial charge in [-0.25, -0.2) is 4.98 Å². The van der Waals surface area contributed by atoms with Gasteiger partial charge in [-0.2, -0.15) is 0 Å². The highest BCUT2D eigenvalue weighted by Crippen LogP contribution is 2.20. The number of H-pyrrole nitrogens is 1. The number of nitrogens with one attached hydrogen (secondary N) is 2. The van der Waals surface area contributed by atoms with Crippen molar-refractivity contribution in [2.75, 3.05) is 5.32 Å². The van der Waals surface area contributed by atoms with Crippen LogP contribution in [-0.2, 0) is 4.79 Å². The summed E-state index contributed by atoms with van der Waals surface area (Å²) in [6.45, 7) is 6.35. The molecule has 0 aliphatic rings. The molecule has 4 nitrogen and oxygen atoms in total. The molecule has 0 spiro atoms. The molecule has 0 aliphatic heterocycles. The van der Waals surface area contributed by atoms with E-state index in [2.05, 4.69) is 36.1 Å². The third kappa shape index (κ3) is 4.07. The minimum atomic E-state index is 0.00914. The average molecular weight is 195 g/mol. The van der Waals surface area contributed by atoms with Crippen LogP contribution in [0.5, 0.6) is 0 Å². The molecule has 0 unspecified atom stereocenters. The number of carbonyl (C=O) groups is 1. The van der Waals surface area contributed by atoms with E-state index in [9.17, 15) is 4.79 Å². The second kappa shape index (κ2) is 4.26. The lowest BCUT2D eigenvalue weighted by atomic mass is 9.90. The van der Waals surface area contributed by atoms with E-state index in [1.54, 1.807) is 12.4 Å². The molecule has 0 bridgehead atoms. The Balaban J connectivity index is 2.30. The SMILES string of the molecule is CC(C)(C)CCC(=O)Nc1ncc[nH]1. The topological polar surface area (TPSA) is 57.8 Å². The molecule has 1 rings (SSSR count). The van der Waals surface area contributed by atoms with Gasteiger partial charge in [-0.1, -0.05) is 20.8 Å². The highest BCUT2D eigenvalue weighted by atomic mass is 16.1. The van der Waals surface area contributed by atoms with Crippen LogP contribution in [0.2, 0.25) is 0 Å². The number of imidazole rings is 1. The van der Waals surface area contributed by atoms with Gasteiger partial charge in [0.15, 0.2) is 0 Å². The number of aromatic nitrogens is 2. The van der Waals surface area contributed by atoms with Gasteiger partial charge in [0.25, 0.3) is 0 Å². The maximum atomic E-state index is 11.4. The number of carbonyl (C=O) groups excluding carboxylic acids is 1. The quantitative estimate of drug-likeness (QED) is 0.776. The number of amides is 1. The standard InChI is InChI=1S/C10H17N3O/c1-10(2,3)5-4-8(14)13-9-11-6-7-12-9/h6-7H,4-5H2,1-3H3,(H2,11,12,13,14). The number of anilines is 1. The van der Waals surface area contributed by atoms with Gasteiger partial charge in [-0.3, -0.25) is 10.1 Å². The molecule has 0 saturated heterocycles. The van der Waals surface area contributed by atoms with Crippen LogP contribution >= 0.6 is 0 Å². The van der Waals surface area contributed by atoms with Crippen molar-refractivity contribution < 1.29 is 4.79 Å². The molecule has 2 N–H and O–H groups in total. The number of hydrogen-bond donors (Lipinski definition) is 2. The predicted octanol–water partition coefficient (Wildman–Crippen LogP) is 2.17. The van der Waals surface area contributed by atoms with E-state index >= 15 is 0 Å². The van der Waals surface area contributed by atoms with Crippen LogP contribution in [-0.4, -0.2) is 15.9 Å². The highest BCUT2D eigenvalue weighted by Gasteiger charge is 2.13. The van der Waals surface area contributed by atoms with Crippen LogP contribution in [0.25, 0.3) is 0 Å². The van der Waals surface area contributed by atoms with Gasteiger partial charge in [0.2, 0.25) is 11.9 Å². The van der Waals surface area contributed by atoms with Gasteiger partial charge in [0.1, 0.15) is 0 Å². The predicted molar refractivity (Wildman–Crippen MR) is 55.9 cm³/mol. The van der Waals surface area contributed by atoms with Crippen LogP contribution in [0.15, 0.2) is 12.4 Å². The van der Waals surface area contributed by atoms with Crippen LogP contribution in [0.4, 0.5) is 5.95 Å². The maximum absolute atomic E-state index is 11.4. The van der Waals surface area contributed by atoms with Gasteiger partial charge in [-0.05, 0) is 11.8 Å². The summed E-state index contributed by atoms with van der Waals surface area (Å²) in [4.78, 5) is 18.1. The van der Waals surface area contributed by atoms with Gasteiger partial charge in [0, 0.05) is 18.8 Å². The fourth-order valence-corrected chi connectivity index (χ4v) is 1.02. The first-order chi connectivity index (χ1) is 6.47. The Morgan fingerprint density at radius 2 is 2.29 bits per heavy atom. The van der Waals surface area contributed by atoms with Crippen molar-refractivity contribution in [3.05, 3.63) is 12.4 Å². The Kier molecular flexibility index (Phi) is 3.28. The second-order valence-corrected chi connectivity index (χ2v) is 4.55. The van der Waals surface area contributed by atoms with Crippen LogP contribution < -0.4 is 5.32 Å². The minimum absolute atomic E-state index is 0.00914. The molecule has 4 heteroatoms. The van der Waals surface area contributed by atoms with Crippen molar-refractivity contribution >= 4 is 11.9 Å². The fourth-order valence-electron chi connectivity index (χ4n) is 1.02. The molecule has 1 aromatic heterocycles. The first-order valence-electron chi connectivity index (χ1n) is 4.77. The molecular formula is C10H17N3O. The Morgan fingerprint density at radius 1 is 1.57 bits per heavy atom. The van der Waals surface area contributed by atoms with Crippen LogP contribution in [0.1, 0.15) is 33.6 Å². The molecule has 1 heterocycles. The van der Waals surface area contributed by atoms with E-state index < -0.39 is 0 Å². The van der Waals surface area contributed by atoms with Crippen molar-refractivity contribution in [1.29, 1.82) is 0 Å². The van der Waals surface area contributed by atoms with Gasteiger partial charge in [-0.15, -0.1) is 0 Å². The molecule has 1 amide bonds. The zero-order valence-corrected chi connectivity index (χ0v) is 8.92. The lowest BCUT2D eigenvalue weighted by Crippen LogP contribution is -2.16. The number of hydrogen-bond acceptors (Lipinski definition) is 2. The lowest BCUT2D eigenvalue weighted by molar-refractivity contribution is -0.116. The first kappa shape index (κ1) is 10.8. The number of aromatic amines is 1. The summed E-state index contributed by atoms with van der Waals surface area (Å²) in [5, 5.41) is 2.69. The molecule has 1 aromatic rings. The second-order valence-electron chi connectivity index (χ2n) is 4.55. The van der Waals surface area contributed by atoms with Gasteiger partial charge >= 0.3 is 0 Å². The number of rotatable bonds is 3. The summed E-state index contributed by atoms with van der Waals surface area (Å²) in [7, 11) is 0. The van der Waals surface area contributed by atoms with E-state index in [0.29, 0.717) is 12.4 Å². The largest absolute Gasteiger partial charge is 0.331 e. The summed E-state index contributed by atoms with van der Waals surface area (Å²) in [5.74, 6) is 0.527. The van der Waals surface area contributed by atoms with E-state index in [0.717, 1.165) is 6.42 Å². The van der Waals surface area contributed by atoms with Crippen molar-refractivity contribution in [1.82, 2.24) is 9.97 Å². The zero-order chi connectivity index (χ0) is 10.6. The van der Waals surface area contributed by atoms with Crippen molar-refractivity contribution in [3.8, 4) is 0 Å². The molecular weight excluding hydrogens is 178 g/mol. The Hall–Kier alpha value is -1.32. The minimum Gasteiger partial charge on any atom is -0.331 e. The van der Waals surface area contributed by atoms with Crippen LogP contribution in [0.3, 0.4) is 0 Å². The first-order valence-corrected chi connectivity index (χ1v) is 4.77. The average Bonchev–Trinajstić information content (AvgIpc) is 2.52. The summed E-state index contributed by atoms with van der Waals surface area (Å²) < 4.78 is 0. The Labute approximate surface area is 84.1 Å². The molecule has 0 fully saturated rings. The number of nitrogens with zero attached hydrogens (tertiary/aromatic N) is 1. The zero-order valence-electron chi connectivity index (χ0n) is 8.92. The fraction of sp³-hybridized carbons (Fsp3) is 0.600. The highest BCUT2D eigenvalue weighted by molar-refractivity contribution is 5.88. The van der Waals surface area contributed by atoms with E-state index in [1.165, 1.54) is 0 Å². The maximum Gasteiger partial charge on any atom is 0.226 e. The van der Waals surface area contributed by atoms with Crippen LogP contribution in [0, 0.1) is 5.41 Å². The van der Waals surface area contributed by atoms with Gasteiger partial charge in [0.05, 0.1) is 0 Å². The van der Waals surface area contributed by atoms with Crippen molar-refractivity contribution in [3.63, 3.8) is 0 Å². The molecule has 0 radical (unpaired) electrons. The van der Waals surface area contributed by atoms with E-state index in [-0.39, 0.29) is 11.3 Å². The molecule has 14 heavy (non-hydrogen) atoms.